The second-order valence-electron chi connectivity index (χ2n) is 1.67. The summed E-state index contributed by atoms with van der Waals surface area (Å²) in [6, 6.07) is 8.30. The van der Waals surface area contributed by atoms with Crippen molar-refractivity contribution < 1.29 is 47.5 Å². The molecule has 0 aliphatic heterocycles. The van der Waals surface area contributed by atoms with E-state index in [-0.39, 0.29) is 0 Å². The van der Waals surface area contributed by atoms with Gasteiger partial charge >= 0.3 is 43.5 Å². The molecular formula is C7H6ErFO2. The number of rotatable bonds is 1. The van der Waals surface area contributed by atoms with E-state index in [1.165, 1.54) is 0 Å². The van der Waals surface area contributed by atoms with E-state index < -0.39 is 5.97 Å². The van der Waals surface area contributed by atoms with Gasteiger partial charge in [-0.25, -0.2) is 4.79 Å². The van der Waals surface area contributed by atoms with Crippen molar-refractivity contribution in [1.82, 2.24) is 0 Å². The summed E-state index contributed by atoms with van der Waals surface area (Å²) in [6.07, 6.45) is 0. The minimum absolute atomic E-state index is 0.331. The third-order valence-electron chi connectivity index (χ3n) is 1.02. The maximum absolute atomic E-state index is 10.2. The first-order valence-corrected chi connectivity index (χ1v) is 3.40. The third kappa shape index (κ3) is 4.34. The normalized spacial score (nSPS) is 7.91. The summed E-state index contributed by atoms with van der Waals surface area (Å²) in [4.78, 5) is 10.2. The Labute approximate surface area is 88.7 Å². The molecule has 0 bridgehead atoms. The van der Waals surface area contributed by atoms with Crippen LogP contribution in [0, 0.1) is 36.1 Å². The molecular weight excluding hydrogens is 302 g/mol. The summed E-state index contributed by atoms with van der Waals surface area (Å²) < 4.78 is 9.42. The molecule has 0 aromatic heterocycles. The monoisotopic (exact) mass is 307 g/mol. The van der Waals surface area contributed by atoms with Gasteiger partial charge in [0.05, 0.1) is 5.56 Å². The van der Waals surface area contributed by atoms with Crippen LogP contribution in [0.2, 0.25) is 0 Å². The predicted octanol–water partition coefficient (Wildman–Crippen LogP) is 1.80. The van der Waals surface area contributed by atoms with Gasteiger partial charge < -0.3 is 5.11 Å². The number of aromatic carboxylic acids is 1. The number of hydrogen-bond acceptors (Lipinski definition) is 1. The maximum atomic E-state index is 10.2. The molecule has 0 heterocycles. The molecule has 1 aromatic rings. The number of hydrogen-bond donors (Lipinski definition) is 1. The first-order chi connectivity index (χ1) is 5.30. The van der Waals surface area contributed by atoms with Crippen molar-refractivity contribution in [2.45, 2.75) is 0 Å². The summed E-state index contributed by atoms with van der Waals surface area (Å²) in [7, 11) is 0. The summed E-state index contributed by atoms with van der Waals surface area (Å²) >= 11 is 0.917. The summed E-state index contributed by atoms with van der Waals surface area (Å²) in [5.41, 5.74) is 0.331. The van der Waals surface area contributed by atoms with Crippen LogP contribution in [0.5, 0.6) is 0 Å². The van der Waals surface area contributed by atoms with Gasteiger partial charge in [0.25, 0.3) is 0 Å². The van der Waals surface area contributed by atoms with Crippen molar-refractivity contribution in [2.24, 2.45) is 0 Å². The molecule has 0 aliphatic carbocycles. The average Bonchev–Trinajstić information content (AvgIpc) is 2.10. The molecule has 0 aliphatic rings. The van der Waals surface area contributed by atoms with Crippen molar-refractivity contribution in [3.05, 3.63) is 35.9 Å². The molecule has 1 N–H and O–H groups in total. The van der Waals surface area contributed by atoms with Gasteiger partial charge in [0, 0.05) is 0 Å². The summed E-state index contributed by atoms with van der Waals surface area (Å²) in [5, 5.41) is 8.38. The molecule has 0 saturated carbocycles. The first-order valence-electron chi connectivity index (χ1n) is 2.70. The molecule has 1 aromatic carbocycles. The molecule has 0 atom stereocenters. The molecule has 0 saturated heterocycles. The Hall–Kier alpha value is -0.133. The van der Waals surface area contributed by atoms with Crippen LogP contribution in [0.3, 0.4) is 0 Å². The number of halogens is 1. The van der Waals surface area contributed by atoms with Gasteiger partial charge in [-0.2, -0.15) is 0 Å². The summed E-state index contributed by atoms with van der Waals surface area (Å²) in [6.45, 7) is 0. The first kappa shape index (κ1) is 10.9. The van der Waals surface area contributed by atoms with E-state index in [1.807, 2.05) is 0 Å². The zero-order chi connectivity index (χ0) is 8.69. The van der Waals surface area contributed by atoms with Gasteiger partial charge in [0.2, 0.25) is 0 Å². The van der Waals surface area contributed by atoms with Crippen LogP contribution in [0.25, 0.3) is 0 Å². The molecule has 0 fully saturated rings. The van der Waals surface area contributed by atoms with Crippen molar-refractivity contribution >= 4 is 5.97 Å². The van der Waals surface area contributed by atoms with Crippen LogP contribution in [0.15, 0.2) is 30.3 Å². The van der Waals surface area contributed by atoms with E-state index >= 15 is 0 Å². The van der Waals surface area contributed by atoms with Crippen molar-refractivity contribution in [1.29, 1.82) is 0 Å². The van der Waals surface area contributed by atoms with Gasteiger partial charge in [-0.3, -0.25) is 0 Å². The van der Waals surface area contributed by atoms with Crippen LogP contribution in [0.1, 0.15) is 10.4 Å². The number of benzene rings is 1. The van der Waals surface area contributed by atoms with Gasteiger partial charge in [-0.1, -0.05) is 18.2 Å². The van der Waals surface area contributed by atoms with Crippen LogP contribution >= 0.6 is 0 Å². The molecule has 4 heteroatoms. The molecule has 0 amide bonds. The minimum atomic E-state index is -0.879. The second-order valence-corrected chi connectivity index (χ2v) is 1.67. The molecule has 11 heavy (non-hydrogen) atoms. The number of carboxylic acids is 1. The third-order valence-corrected chi connectivity index (χ3v) is 1.02. The van der Waals surface area contributed by atoms with Gasteiger partial charge in [-0.15, -0.1) is 0 Å². The van der Waals surface area contributed by atoms with E-state index in [0.29, 0.717) is 5.56 Å². The van der Waals surface area contributed by atoms with Gasteiger partial charge in [-0.05, 0) is 12.1 Å². The zero-order valence-electron chi connectivity index (χ0n) is 5.41. The van der Waals surface area contributed by atoms with Gasteiger partial charge in [0.15, 0.2) is 0 Å². The fraction of sp³-hybridized carbons (Fsp3) is 0. The Balaban J connectivity index is 0.000000461. The van der Waals surface area contributed by atoms with E-state index in [9.17, 15) is 6.21 Å². The Morgan fingerprint density at radius 2 is 1.73 bits per heavy atom. The van der Waals surface area contributed by atoms with Crippen molar-refractivity contribution in [3.63, 3.8) is 0 Å². The molecule has 0 radical (unpaired) electrons. The van der Waals surface area contributed by atoms with Crippen LogP contribution in [0.4, 0.5) is 1.41 Å². The van der Waals surface area contributed by atoms with Crippen LogP contribution in [-0.4, -0.2) is 11.1 Å². The molecule has 0 unspecified atom stereocenters. The van der Waals surface area contributed by atoms with Crippen LogP contribution in [-0.2, 0) is 0 Å². The molecule has 65 valence electrons. The SMILES string of the molecule is O=C(O)c1ccccc1.[F][Er]. The Kier molecular flexibility index (Phi) is 6.49. The standard InChI is InChI=1S/C7H6O2.Er.FH/c8-7(9)6-4-2-1-3-5-6;;/h1-5H,(H,8,9);;1H/q;+1;/p-1. The Bertz CT molecular complexity index is 213. The fourth-order valence-electron chi connectivity index (χ4n) is 0.581. The second kappa shape index (κ2) is 6.57. The number of carbonyl (C=O) groups is 1. The van der Waals surface area contributed by atoms with E-state index in [1.54, 1.807) is 30.3 Å². The topological polar surface area (TPSA) is 37.3 Å². The summed E-state index contributed by atoms with van der Waals surface area (Å²) in [5.74, 6) is -0.879. The molecule has 2 nitrogen and oxygen atoms in total. The zero-order valence-corrected chi connectivity index (χ0v) is 7.26. The quantitative estimate of drug-likeness (QED) is 0.859. The van der Waals surface area contributed by atoms with E-state index in [4.69, 9.17) is 5.11 Å². The molecule has 1 rings (SSSR count). The Morgan fingerprint density at radius 3 is 2.00 bits per heavy atom. The van der Waals surface area contributed by atoms with Crippen LogP contribution < -0.4 is 0 Å². The average molecular weight is 308 g/mol. The van der Waals surface area contributed by atoms with E-state index in [2.05, 4.69) is 0 Å². The van der Waals surface area contributed by atoms with Crippen molar-refractivity contribution in [3.8, 4) is 0 Å². The fourth-order valence-corrected chi connectivity index (χ4v) is 0.581. The van der Waals surface area contributed by atoms with E-state index in [0.717, 1.165) is 36.1 Å². The predicted molar refractivity (Wildman–Crippen MR) is 34.5 cm³/mol. The van der Waals surface area contributed by atoms with Gasteiger partial charge in [0.1, 0.15) is 0 Å². The van der Waals surface area contributed by atoms with Crippen molar-refractivity contribution in [2.75, 3.05) is 0 Å². The Morgan fingerprint density at radius 1 is 1.27 bits per heavy atom. The number of carboxylic acid groups (broad SMARTS) is 1. The molecule has 0 spiro atoms.